The summed E-state index contributed by atoms with van der Waals surface area (Å²) in [5.41, 5.74) is 1.28. The Kier molecular flexibility index (Phi) is 8.44. The number of esters is 2. The van der Waals surface area contributed by atoms with Gasteiger partial charge in [-0.25, -0.2) is 0 Å². The highest BCUT2D eigenvalue weighted by Gasteiger charge is 2.08. The van der Waals surface area contributed by atoms with E-state index in [1.807, 2.05) is 0 Å². The van der Waals surface area contributed by atoms with Crippen LogP contribution in [0.15, 0.2) is 24.3 Å². The summed E-state index contributed by atoms with van der Waals surface area (Å²) in [7, 11) is 2.59. The molecule has 0 aliphatic rings. The first-order valence-electron chi connectivity index (χ1n) is 6.78. The number of methoxy groups -OCH3 is 2. The molecule has 130 valence electrons. The number of thiocarbonyl (C=S) groups is 2. The minimum atomic E-state index is -0.432. The molecule has 0 spiro atoms. The minimum Gasteiger partial charge on any atom is -0.468 e. The van der Waals surface area contributed by atoms with Crippen molar-refractivity contribution >= 4 is 58.0 Å². The summed E-state index contributed by atoms with van der Waals surface area (Å²) < 4.78 is 9.04. The monoisotopic (exact) mass is 370 g/mol. The standard InChI is InChI=1S/C14H18N4O4S2/c1-21-11(19)7-15-13(23)17-9-5-3-4-6-10(9)18-14(24)16-8-12(20)22-2/h3-6H,7-8H2,1-2H3,(H2,15,17,23)(H2,16,18,24). The molecule has 4 N–H and O–H groups in total. The molecule has 1 aromatic carbocycles. The topological polar surface area (TPSA) is 101 Å². The Balaban J connectivity index is 2.61. The molecule has 8 nitrogen and oxygen atoms in total. The van der Waals surface area contributed by atoms with Crippen molar-refractivity contribution < 1.29 is 19.1 Å². The number of benzene rings is 1. The Morgan fingerprint density at radius 1 is 0.875 bits per heavy atom. The lowest BCUT2D eigenvalue weighted by Gasteiger charge is -2.15. The van der Waals surface area contributed by atoms with E-state index in [0.717, 1.165) is 0 Å². The summed E-state index contributed by atoms with van der Waals surface area (Å²) in [6, 6.07) is 7.16. The molecule has 0 unspecified atom stereocenters. The van der Waals surface area contributed by atoms with E-state index in [9.17, 15) is 9.59 Å². The Morgan fingerprint density at radius 2 is 1.25 bits per heavy atom. The number of carbonyl (C=O) groups is 2. The Hall–Kier alpha value is -2.46. The lowest BCUT2D eigenvalue weighted by Crippen LogP contribution is -2.35. The van der Waals surface area contributed by atoms with E-state index >= 15 is 0 Å². The van der Waals surface area contributed by atoms with Crippen LogP contribution in [0.2, 0.25) is 0 Å². The van der Waals surface area contributed by atoms with Gasteiger partial charge in [0.2, 0.25) is 0 Å². The van der Waals surface area contributed by atoms with E-state index in [0.29, 0.717) is 11.4 Å². The van der Waals surface area contributed by atoms with Gasteiger partial charge in [-0.2, -0.15) is 0 Å². The molecular weight excluding hydrogens is 352 g/mol. The van der Waals surface area contributed by atoms with Crippen molar-refractivity contribution in [3.63, 3.8) is 0 Å². The van der Waals surface area contributed by atoms with E-state index < -0.39 is 11.9 Å². The first-order valence-corrected chi connectivity index (χ1v) is 7.60. The molecule has 0 radical (unpaired) electrons. The highest BCUT2D eigenvalue weighted by molar-refractivity contribution is 7.80. The van der Waals surface area contributed by atoms with Gasteiger partial charge in [0.1, 0.15) is 13.1 Å². The molecule has 1 rings (SSSR count). The summed E-state index contributed by atoms with van der Waals surface area (Å²) in [4.78, 5) is 22.2. The van der Waals surface area contributed by atoms with Crippen molar-refractivity contribution in [1.82, 2.24) is 10.6 Å². The number of carbonyl (C=O) groups excluding carboxylic acids is 2. The van der Waals surface area contributed by atoms with E-state index in [-0.39, 0.29) is 23.3 Å². The molecular formula is C14H18N4O4S2. The third-order valence-electron chi connectivity index (χ3n) is 2.67. The van der Waals surface area contributed by atoms with Crippen LogP contribution < -0.4 is 21.3 Å². The van der Waals surface area contributed by atoms with Crippen molar-refractivity contribution in [2.75, 3.05) is 37.9 Å². The van der Waals surface area contributed by atoms with Crippen LogP contribution in [0, 0.1) is 0 Å². The van der Waals surface area contributed by atoms with Gasteiger partial charge >= 0.3 is 11.9 Å². The smallest absolute Gasteiger partial charge is 0.325 e. The Morgan fingerprint density at radius 3 is 1.58 bits per heavy atom. The SMILES string of the molecule is COC(=O)CNC(=S)Nc1ccccc1NC(=S)NCC(=O)OC. The maximum absolute atomic E-state index is 11.1. The van der Waals surface area contributed by atoms with Gasteiger partial charge in [0.25, 0.3) is 0 Å². The molecule has 0 aliphatic carbocycles. The average molecular weight is 370 g/mol. The Labute approximate surface area is 150 Å². The lowest BCUT2D eigenvalue weighted by molar-refractivity contribution is -0.140. The summed E-state index contributed by atoms with van der Waals surface area (Å²) in [6.45, 7) is -0.0892. The first-order chi connectivity index (χ1) is 11.5. The fourth-order valence-corrected chi connectivity index (χ4v) is 1.85. The van der Waals surface area contributed by atoms with Crippen LogP contribution in [-0.4, -0.2) is 49.5 Å². The molecule has 0 saturated heterocycles. The molecule has 24 heavy (non-hydrogen) atoms. The highest BCUT2D eigenvalue weighted by atomic mass is 32.1. The molecule has 0 heterocycles. The second kappa shape index (κ2) is 10.3. The largest absolute Gasteiger partial charge is 0.468 e. The highest BCUT2D eigenvalue weighted by Crippen LogP contribution is 2.20. The first kappa shape index (κ1) is 19.6. The van der Waals surface area contributed by atoms with Crippen LogP contribution in [0.5, 0.6) is 0 Å². The number of hydrogen-bond acceptors (Lipinski definition) is 6. The van der Waals surface area contributed by atoms with Gasteiger partial charge in [-0.1, -0.05) is 12.1 Å². The zero-order valence-electron chi connectivity index (χ0n) is 13.2. The minimum absolute atomic E-state index is 0.0446. The summed E-state index contributed by atoms with van der Waals surface area (Å²) >= 11 is 10.2. The lowest BCUT2D eigenvalue weighted by atomic mass is 10.2. The van der Waals surface area contributed by atoms with Crippen molar-refractivity contribution in [2.45, 2.75) is 0 Å². The van der Waals surface area contributed by atoms with Gasteiger partial charge in [0.15, 0.2) is 10.2 Å². The average Bonchev–Trinajstić information content (AvgIpc) is 2.59. The van der Waals surface area contributed by atoms with Gasteiger partial charge in [-0.05, 0) is 36.6 Å². The second-order valence-corrected chi connectivity index (χ2v) is 5.13. The number of hydrogen-bond donors (Lipinski definition) is 4. The fraction of sp³-hybridized carbons (Fsp3) is 0.286. The summed E-state index contributed by atoms with van der Waals surface area (Å²) in [6.07, 6.45) is 0. The van der Waals surface area contributed by atoms with Gasteiger partial charge < -0.3 is 30.7 Å². The number of anilines is 2. The van der Waals surface area contributed by atoms with Crippen LogP contribution in [-0.2, 0) is 19.1 Å². The predicted octanol–water partition coefficient (Wildman–Crippen LogP) is 0.605. The maximum Gasteiger partial charge on any atom is 0.325 e. The maximum atomic E-state index is 11.1. The number of para-hydroxylation sites is 2. The number of ether oxygens (including phenoxy) is 2. The normalized spacial score (nSPS) is 9.42. The van der Waals surface area contributed by atoms with E-state index in [1.54, 1.807) is 24.3 Å². The molecule has 10 heteroatoms. The van der Waals surface area contributed by atoms with Crippen LogP contribution in [0.3, 0.4) is 0 Å². The number of nitrogens with one attached hydrogen (secondary N) is 4. The molecule has 0 fully saturated rings. The van der Waals surface area contributed by atoms with Gasteiger partial charge in [0, 0.05) is 0 Å². The third-order valence-corrected chi connectivity index (χ3v) is 3.16. The van der Waals surface area contributed by atoms with Crippen molar-refractivity contribution in [2.24, 2.45) is 0 Å². The summed E-state index contributed by atoms with van der Waals surface area (Å²) in [5, 5.41) is 11.8. The van der Waals surface area contributed by atoms with E-state index in [2.05, 4.69) is 30.7 Å². The van der Waals surface area contributed by atoms with Crippen molar-refractivity contribution in [1.29, 1.82) is 0 Å². The van der Waals surface area contributed by atoms with Crippen LogP contribution in [0.4, 0.5) is 11.4 Å². The van der Waals surface area contributed by atoms with Crippen molar-refractivity contribution in [3.8, 4) is 0 Å². The van der Waals surface area contributed by atoms with Gasteiger partial charge in [0.05, 0.1) is 25.6 Å². The molecule has 0 aromatic heterocycles. The molecule has 0 saturated carbocycles. The zero-order chi connectivity index (χ0) is 17.9. The van der Waals surface area contributed by atoms with E-state index in [1.165, 1.54) is 14.2 Å². The fourth-order valence-electron chi connectivity index (χ4n) is 1.48. The molecule has 0 bridgehead atoms. The Bertz CT molecular complexity index is 572. The van der Waals surface area contributed by atoms with E-state index in [4.69, 9.17) is 24.4 Å². The van der Waals surface area contributed by atoms with Crippen molar-refractivity contribution in [3.05, 3.63) is 24.3 Å². The molecule has 0 aliphatic heterocycles. The quantitative estimate of drug-likeness (QED) is 0.421. The molecule has 0 atom stereocenters. The van der Waals surface area contributed by atoms with Gasteiger partial charge in [-0.3, -0.25) is 9.59 Å². The predicted molar refractivity (Wildman–Crippen MR) is 98.9 cm³/mol. The van der Waals surface area contributed by atoms with Crippen LogP contribution in [0.1, 0.15) is 0 Å². The van der Waals surface area contributed by atoms with Gasteiger partial charge in [-0.15, -0.1) is 0 Å². The zero-order valence-corrected chi connectivity index (χ0v) is 14.8. The molecule has 0 amide bonds. The second-order valence-electron chi connectivity index (χ2n) is 4.31. The third kappa shape index (κ3) is 7.20. The van der Waals surface area contributed by atoms with Crippen LogP contribution >= 0.6 is 24.4 Å². The number of rotatable bonds is 6. The summed E-state index contributed by atoms with van der Waals surface area (Å²) in [5.74, 6) is -0.863. The van der Waals surface area contributed by atoms with Crippen LogP contribution in [0.25, 0.3) is 0 Å². The molecule has 1 aromatic rings.